The number of anilines is 1. The van der Waals surface area contributed by atoms with Gasteiger partial charge in [-0.1, -0.05) is 11.2 Å². The zero-order valence-electron chi connectivity index (χ0n) is 11.6. The number of aromatic nitrogens is 2. The summed E-state index contributed by atoms with van der Waals surface area (Å²) >= 11 is 0. The molecule has 2 aromatic rings. The lowest BCUT2D eigenvalue weighted by Crippen LogP contribution is -2.21. The summed E-state index contributed by atoms with van der Waals surface area (Å²) in [7, 11) is 0. The van der Waals surface area contributed by atoms with Crippen LogP contribution in [0.1, 0.15) is 30.7 Å². The minimum Gasteiger partial charge on any atom is -0.398 e. The van der Waals surface area contributed by atoms with Crippen LogP contribution in [-0.4, -0.2) is 22.9 Å². The Kier molecular flexibility index (Phi) is 3.69. The Labute approximate surface area is 118 Å². The molecule has 2 heterocycles. The molecule has 1 aromatic heterocycles. The molecule has 3 rings (SSSR count). The maximum Gasteiger partial charge on any atom is 0.257 e. The quantitative estimate of drug-likeness (QED) is 0.870. The lowest BCUT2D eigenvalue weighted by atomic mass is 10.1. The van der Waals surface area contributed by atoms with E-state index in [1.807, 2.05) is 25.1 Å². The predicted molar refractivity (Wildman–Crippen MR) is 76.2 cm³/mol. The first-order chi connectivity index (χ1) is 9.72. The van der Waals surface area contributed by atoms with E-state index in [1.165, 1.54) is 6.42 Å². The molecule has 1 atom stereocenters. The van der Waals surface area contributed by atoms with Crippen molar-refractivity contribution in [3.8, 4) is 11.5 Å². The van der Waals surface area contributed by atoms with E-state index in [-0.39, 0.29) is 6.10 Å². The average molecular weight is 273 g/mol. The Hall–Kier alpha value is -1.88. The van der Waals surface area contributed by atoms with Crippen molar-refractivity contribution in [1.82, 2.24) is 10.1 Å². The highest BCUT2D eigenvalue weighted by molar-refractivity contribution is 5.62. The molecule has 1 fully saturated rings. The van der Waals surface area contributed by atoms with Crippen LogP contribution in [-0.2, 0) is 11.2 Å². The summed E-state index contributed by atoms with van der Waals surface area (Å²) in [6.07, 6.45) is 4.37. The molecule has 1 aromatic carbocycles. The van der Waals surface area contributed by atoms with Gasteiger partial charge >= 0.3 is 0 Å². The molecular weight excluding hydrogens is 254 g/mol. The fraction of sp³-hybridized carbons (Fsp3) is 0.467. The van der Waals surface area contributed by atoms with E-state index >= 15 is 0 Å². The van der Waals surface area contributed by atoms with Crippen LogP contribution < -0.4 is 5.73 Å². The van der Waals surface area contributed by atoms with Crippen molar-refractivity contribution in [2.75, 3.05) is 12.3 Å². The second kappa shape index (κ2) is 5.63. The van der Waals surface area contributed by atoms with Gasteiger partial charge in [-0.15, -0.1) is 0 Å². The molecule has 1 aliphatic heterocycles. The minimum absolute atomic E-state index is 0.220. The maximum atomic E-state index is 5.90. The molecule has 20 heavy (non-hydrogen) atoms. The van der Waals surface area contributed by atoms with Gasteiger partial charge in [0.2, 0.25) is 0 Å². The molecule has 1 unspecified atom stereocenters. The number of hydrogen-bond donors (Lipinski definition) is 1. The summed E-state index contributed by atoms with van der Waals surface area (Å²) in [5, 5.41) is 4.03. The van der Waals surface area contributed by atoms with E-state index in [4.69, 9.17) is 15.0 Å². The van der Waals surface area contributed by atoms with Crippen LogP contribution in [0.25, 0.3) is 11.5 Å². The third kappa shape index (κ3) is 2.82. The number of nitrogen functional groups attached to an aromatic ring is 1. The van der Waals surface area contributed by atoms with E-state index in [0.29, 0.717) is 18.1 Å². The van der Waals surface area contributed by atoms with Crippen molar-refractivity contribution < 1.29 is 9.26 Å². The van der Waals surface area contributed by atoms with Crippen LogP contribution in [0.3, 0.4) is 0 Å². The highest BCUT2D eigenvalue weighted by Gasteiger charge is 2.18. The summed E-state index contributed by atoms with van der Waals surface area (Å²) < 4.78 is 11.0. The Bertz CT molecular complexity index is 589. The number of nitrogens with two attached hydrogens (primary N) is 1. The molecule has 5 nitrogen and oxygen atoms in total. The summed E-state index contributed by atoms with van der Waals surface area (Å²) in [4.78, 5) is 4.43. The number of nitrogens with zero attached hydrogens (tertiary/aromatic N) is 2. The van der Waals surface area contributed by atoms with Crippen molar-refractivity contribution in [1.29, 1.82) is 0 Å². The van der Waals surface area contributed by atoms with Gasteiger partial charge in [-0.05, 0) is 43.9 Å². The molecular formula is C15H19N3O2. The van der Waals surface area contributed by atoms with Crippen molar-refractivity contribution in [2.24, 2.45) is 0 Å². The number of benzene rings is 1. The molecule has 0 spiro atoms. The van der Waals surface area contributed by atoms with Crippen LogP contribution >= 0.6 is 0 Å². The number of hydrogen-bond acceptors (Lipinski definition) is 5. The van der Waals surface area contributed by atoms with E-state index < -0.39 is 0 Å². The van der Waals surface area contributed by atoms with Gasteiger partial charge in [0, 0.05) is 24.3 Å². The smallest absolute Gasteiger partial charge is 0.257 e. The monoisotopic (exact) mass is 273 g/mol. The first-order valence-corrected chi connectivity index (χ1v) is 7.03. The maximum absolute atomic E-state index is 5.90. The first-order valence-electron chi connectivity index (χ1n) is 7.03. The van der Waals surface area contributed by atoms with Crippen LogP contribution in [0, 0.1) is 6.92 Å². The molecule has 0 aliphatic carbocycles. The van der Waals surface area contributed by atoms with Crippen molar-refractivity contribution >= 4 is 5.69 Å². The van der Waals surface area contributed by atoms with Crippen LogP contribution in [0.2, 0.25) is 0 Å². The fourth-order valence-corrected chi connectivity index (χ4v) is 2.40. The van der Waals surface area contributed by atoms with Gasteiger partial charge in [-0.2, -0.15) is 4.98 Å². The van der Waals surface area contributed by atoms with Gasteiger partial charge < -0.3 is 15.0 Å². The Morgan fingerprint density at radius 1 is 1.35 bits per heavy atom. The molecule has 0 saturated carbocycles. The Morgan fingerprint density at radius 3 is 3.00 bits per heavy atom. The first kappa shape index (κ1) is 13.1. The molecule has 2 N–H and O–H groups in total. The molecule has 0 radical (unpaired) electrons. The van der Waals surface area contributed by atoms with Crippen LogP contribution in [0.15, 0.2) is 22.7 Å². The van der Waals surface area contributed by atoms with Gasteiger partial charge in [0.25, 0.3) is 5.89 Å². The molecule has 1 saturated heterocycles. The van der Waals surface area contributed by atoms with Gasteiger partial charge in [0.1, 0.15) is 0 Å². The summed E-state index contributed by atoms with van der Waals surface area (Å²) in [6, 6.07) is 5.77. The standard InChI is InChI=1S/C15H19N3O2/c1-10-5-6-11(8-13(10)16)15-17-14(18-20-15)9-12-4-2-3-7-19-12/h5-6,8,12H,2-4,7,9,16H2,1H3. The van der Waals surface area contributed by atoms with Gasteiger partial charge in [0.05, 0.1) is 6.10 Å². The topological polar surface area (TPSA) is 74.2 Å². The molecule has 5 heteroatoms. The third-order valence-electron chi connectivity index (χ3n) is 3.68. The van der Waals surface area contributed by atoms with Crippen molar-refractivity contribution in [3.05, 3.63) is 29.6 Å². The second-order valence-electron chi connectivity index (χ2n) is 5.28. The predicted octanol–water partition coefficient (Wildman–Crippen LogP) is 2.74. The summed E-state index contributed by atoms with van der Waals surface area (Å²) in [6.45, 7) is 2.81. The summed E-state index contributed by atoms with van der Waals surface area (Å²) in [5.74, 6) is 1.22. The number of rotatable bonds is 3. The second-order valence-corrected chi connectivity index (χ2v) is 5.28. The van der Waals surface area contributed by atoms with Gasteiger partial charge in [-0.25, -0.2) is 0 Å². The van der Waals surface area contributed by atoms with Gasteiger partial charge in [0.15, 0.2) is 5.82 Å². The lowest BCUT2D eigenvalue weighted by molar-refractivity contribution is 0.0153. The van der Waals surface area contributed by atoms with E-state index in [9.17, 15) is 0 Å². The van der Waals surface area contributed by atoms with E-state index in [2.05, 4.69) is 10.1 Å². The zero-order chi connectivity index (χ0) is 13.9. The van der Waals surface area contributed by atoms with Crippen LogP contribution in [0.4, 0.5) is 5.69 Å². The highest BCUT2D eigenvalue weighted by atomic mass is 16.5. The molecule has 0 bridgehead atoms. The van der Waals surface area contributed by atoms with Gasteiger partial charge in [-0.3, -0.25) is 0 Å². The molecule has 1 aliphatic rings. The average Bonchev–Trinajstić information content (AvgIpc) is 2.91. The lowest BCUT2D eigenvalue weighted by Gasteiger charge is -2.20. The number of aryl methyl sites for hydroxylation is 1. The number of ether oxygens (including phenoxy) is 1. The third-order valence-corrected chi connectivity index (χ3v) is 3.68. The van der Waals surface area contributed by atoms with E-state index in [0.717, 1.165) is 36.3 Å². The van der Waals surface area contributed by atoms with Crippen molar-refractivity contribution in [3.63, 3.8) is 0 Å². The Morgan fingerprint density at radius 2 is 2.25 bits per heavy atom. The summed E-state index contributed by atoms with van der Waals surface area (Å²) in [5.41, 5.74) is 8.54. The van der Waals surface area contributed by atoms with Crippen molar-refractivity contribution in [2.45, 2.75) is 38.7 Å². The Balaban J connectivity index is 1.73. The molecule has 106 valence electrons. The highest BCUT2D eigenvalue weighted by Crippen LogP contribution is 2.23. The zero-order valence-corrected chi connectivity index (χ0v) is 11.6. The SMILES string of the molecule is Cc1ccc(-c2nc(CC3CCCCO3)no2)cc1N. The largest absolute Gasteiger partial charge is 0.398 e. The minimum atomic E-state index is 0.220. The fourth-order valence-electron chi connectivity index (χ4n) is 2.40. The normalized spacial score (nSPS) is 19.1. The molecule has 0 amide bonds. The van der Waals surface area contributed by atoms with E-state index in [1.54, 1.807) is 0 Å². The van der Waals surface area contributed by atoms with Crippen LogP contribution in [0.5, 0.6) is 0 Å².